The molecule has 1 aromatic rings. The highest BCUT2D eigenvalue weighted by Gasteiger charge is 2.20. The maximum atomic E-state index is 11.7. The van der Waals surface area contributed by atoms with Crippen LogP contribution in [0.2, 0.25) is 0 Å². The number of aromatic amines is 1. The number of carbonyl (C=O) groups is 1. The van der Waals surface area contributed by atoms with Crippen LogP contribution in [0.3, 0.4) is 0 Å². The van der Waals surface area contributed by atoms with Crippen LogP contribution < -0.4 is 0 Å². The first-order valence-electron chi connectivity index (χ1n) is 4.91. The second kappa shape index (κ2) is 3.02. The zero-order chi connectivity index (χ0) is 9.42. The molecule has 0 bridgehead atoms. The van der Waals surface area contributed by atoms with Crippen LogP contribution in [-0.2, 0) is 6.42 Å². The Morgan fingerprint density at radius 3 is 2.54 bits per heavy atom. The second-order valence-corrected chi connectivity index (χ2v) is 3.86. The number of rotatable bonds is 0. The summed E-state index contributed by atoms with van der Waals surface area (Å²) in [6, 6.07) is 0. The number of ketones is 1. The number of H-pyrrole nitrogens is 1. The standard InChI is InChI=1S/C11H15NO/c1-7-9-5-3-4-6-10(13)11(9)8(2)12-7/h12H,3-6H2,1-2H3. The molecular formula is C11H15NO. The third-order valence-corrected chi connectivity index (χ3v) is 2.86. The summed E-state index contributed by atoms with van der Waals surface area (Å²) in [5.74, 6) is 0.328. The SMILES string of the molecule is Cc1[nH]c(C)c2c1CCCCC2=O. The van der Waals surface area contributed by atoms with E-state index in [1.165, 1.54) is 11.3 Å². The quantitative estimate of drug-likeness (QED) is 0.607. The molecule has 0 unspecified atom stereocenters. The monoisotopic (exact) mass is 177 g/mol. The molecule has 70 valence electrons. The van der Waals surface area contributed by atoms with Crippen molar-refractivity contribution in [2.24, 2.45) is 0 Å². The first kappa shape index (κ1) is 8.54. The van der Waals surface area contributed by atoms with E-state index in [9.17, 15) is 4.79 Å². The van der Waals surface area contributed by atoms with Crippen molar-refractivity contribution in [1.29, 1.82) is 0 Å². The van der Waals surface area contributed by atoms with Gasteiger partial charge in [0.05, 0.1) is 0 Å². The molecule has 1 heterocycles. The zero-order valence-corrected chi connectivity index (χ0v) is 8.24. The van der Waals surface area contributed by atoms with Crippen molar-refractivity contribution in [2.75, 3.05) is 0 Å². The molecule has 13 heavy (non-hydrogen) atoms. The third kappa shape index (κ3) is 1.30. The second-order valence-electron chi connectivity index (χ2n) is 3.86. The van der Waals surface area contributed by atoms with Crippen LogP contribution >= 0.6 is 0 Å². The van der Waals surface area contributed by atoms with Crippen molar-refractivity contribution in [3.05, 3.63) is 22.5 Å². The minimum atomic E-state index is 0.328. The van der Waals surface area contributed by atoms with Gasteiger partial charge >= 0.3 is 0 Å². The fourth-order valence-corrected chi connectivity index (χ4v) is 2.24. The van der Waals surface area contributed by atoms with E-state index in [-0.39, 0.29) is 0 Å². The average Bonchev–Trinajstić information content (AvgIpc) is 2.28. The molecule has 2 heteroatoms. The first-order valence-corrected chi connectivity index (χ1v) is 4.91. The van der Waals surface area contributed by atoms with Crippen LogP contribution in [0.15, 0.2) is 0 Å². The molecule has 1 aliphatic carbocycles. The minimum Gasteiger partial charge on any atom is -0.362 e. The Hall–Kier alpha value is -1.05. The molecule has 0 aromatic carbocycles. The fourth-order valence-electron chi connectivity index (χ4n) is 2.24. The highest BCUT2D eigenvalue weighted by molar-refractivity contribution is 5.99. The van der Waals surface area contributed by atoms with Gasteiger partial charge in [0.2, 0.25) is 0 Å². The highest BCUT2D eigenvalue weighted by Crippen LogP contribution is 2.25. The molecule has 1 aliphatic rings. The van der Waals surface area contributed by atoms with Crippen LogP contribution in [0.4, 0.5) is 0 Å². The number of carbonyl (C=O) groups excluding carboxylic acids is 1. The molecular weight excluding hydrogens is 162 g/mol. The van der Waals surface area contributed by atoms with E-state index in [1.54, 1.807) is 0 Å². The summed E-state index contributed by atoms with van der Waals surface area (Å²) in [5, 5.41) is 0. The third-order valence-electron chi connectivity index (χ3n) is 2.86. The predicted octanol–water partition coefficient (Wildman–Crippen LogP) is 2.54. The lowest BCUT2D eigenvalue weighted by Gasteiger charge is -1.97. The Bertz CT molecular complexity index is 349. The molecule has 2 nitrogen and oxygen atoms in total. The molecule has 0 spiro atoms. The summed E-state index contributed by atoms with van der Waals surface area (Å²) in [6.45, 7) is 4.06. The molecule has 0 amide bonds. The Morgan fingerprint density at radius 2 is 1.77 bits per heavy atom. The van der Waals surface area contributed by atoms with Gasteiger partial charge in [0.25, 0.3) is 0 Å². The van der Waals surface area contributed by atoms with Gasteiger partial charge in [-0.1, -0.05) is 0 Å². The van der Waals surface area contributed by atoms with Gasteiger partial charge in [-0.05, 0) is 38.7 Å². The van der Waals surface area contributed by atoms with Crippen molar-refractivity contribution in [2.45, 2.75) is 39.5 Å². The molecule has 0 aliphatic heterocycles. The van der Waals surface area contributed by atoms with Gasteiger partial charge in [-0.25, -0.2) is 0 Å². The topological polar surface area (TPSA) is 32.9 Å². The summed E-state index contributed by atoms with van der Waals surface area (Å²) in [6.07, 6.45) is 3.99. The number of aromatic nitrogens is 1. The number of aryl methyl sites for hydroxylation is 2. The van der Waals surface area contributed by atoms with Crippen molar-refractivity contribution >= 4 is 5.78 Å². The maximum absolute atomic E-state index is 11.7. The molecule has 0 radical (unpaired) electrons. The van der Waals surface area contributed by atoms with E-state index in [1.807, 2.05) is 6.92 Å². The summed E-state index contributed by atoms with van der Waals surface area (Å²) in [5.41, 5.74) is 4.48. The van der Waals surface area contributed by atoms with Crippen LogP contribution in [0.5, 0.6) is 0 Å². The van der Waals surface area contributed by atoms with E-state index in [0.717, 1.165) is 36.9 Å². The van der Waals surface area contributed by atoms with Gasteiger partial charge in [0.1, 0.15) is 0 Å². The van der Waals surface area contributed by atoms with Crippen molar-refractivity contribution in [1.82, 2.24) is 4.98 Å². The van der Waals surface area contributed by atoms with E-state index in [0.29, 0.717) is 5.78 Å². The maximum Gasteiger partial charge on any atom is 0.164 e. The van der Waals surface area contributed by atoms with Gasteiger partial charge in [-0.3, -0.25) is 4.79 Å². The van der Waals surface area contributed by atoms with Gasteiger partial charge in [0.15, 0.2) is 5.78 Å². The van der Waals surface area contributed by atoms with Crippen LogP contribution in [-0.4, -0.2) is 10.8 Å². The molecule has 0 atom stereocenters. The van der Waals surface area contributed by atoms with Crippen LogP contribution in [0.1, 0.15) is 46.6 Å². The van der Waals surface area contributed by atoms with Crippen molar-refractivity contribution in [3.63, 3.8) is 0 Å². The Labute approximate surface area is 78.4 Å². The predicted molar refractivity (Wildman–Crippen MR) is 52.2 cm³/mol. The zero-order valence-electron chi connectivity index (χ0n) is 8.24. The Kier molecular flexibility index (Phi) is 1.98. The summed E-state index contributed by atoms with van der Waals surface area (Å²) in [7, 11) is 0. The smallest absolute Gasteiger partial charge is 0.164 e. The summed E-state index contributed by atoms with van der Waals surface area (Å²) < 4.78 is 0. The summed E-state index contributed by atoms with van der Waals surface area (Å²) >= 11 is 0. The summed E-state index contributed by atoms with van der Waals surface area (Å²) in [4.78, 5) is 15.0. The lowest BCUT2D eigenvalue weighted by atomic mass is 10.0. The van der Waals surface area contributed by atoms with Crippen molar-refractivity contribution < 1.29 is 4.79 Å². The van der Waals surface area contributed by atoms with Crippen LogP contribution in [0, 0.1) is 13.8 Å². The molecule has 1 N–H and O–H groups in total. The molecule has 0 saturated carbocycles. The van der Waals surface area contributed by atoms with Crippen molar-refractivity contribution in [3.8, 4) is 0 Å². The van der Waals surface area contributed by atoms with E-state index in [4.69, 9.17) is 0 Å². The number of Topliss-reactive ketones (excluding diaryl/α,β-unsaturated/α-hetero) is 1. The Morgan fingerprint density at radius 1 is 1.08 bits per heavy atom. The van der Waals surface area contributed by atoms with Gasteiger partial charge < -0.3 is 4.98 Å². The minimum absolute atomic E-state index is 0.328. The number of nitrogens with one attached hydrogen (secondary N) is 1. The van der Waals surface area contributed by atoms with E-state index in [2.05, 4.69) is 11.9 Å². The van der Waals surface area contributed by atoms with E-state index >= 15 is 0 Å². The molecule has 0 fully saturated rings. The normalized spacial score (nSPS) is 16.9. The van der Waals surface area contributed by atoms with Gasteiger partial charge in [-0.2, -0.15) is 0 Å². The van der Waals surface area contributed by atoms with Crippen LogP contribution in [0.25, 0.3) is 0 Å². The lowest BCUT2D eigenvalue weighted by molar-refractivity contribution is 0.0981. The molecule has 2 rings (SSSR count). The molecule has 0 saturated heterocycles. The largest absolute Gasteiger partial charge is 0.362 e. The average molecular weight is 177 g/mol. The number of hydrogen-bond donors (Lipinski definition) is 1. The number of fused-ring (bicyclic) bond motifs is 1. The number of hydrogen-bond acceptors (Lipinski definition) is 1. The lowest BCUT2D eigenvalue weighted by Crippen LogP contribution is -1.99. The van der Waals surface area contributed by atoms with Gasteiger partial charge in [-0.15, -0.1) is 0 Å². The van der Waals surface area contributed by atoms with Gasteiger partial charge in [0, 0.05) is 23.4 Å². The van der Waals surface area contributed by atoms with E-state index < -0.39 is 0 Å². The highest BCUT2D eigenvalue weighted by atomic mass is 16.1. The fraction of sp³-hybridized carbons (Fsp3) is 0.545. The Balaban J connectivity index is 2.56. The molecule has 1 aromatic heterocycles. The first-order chi connectivity index (χ1) is 6.20.